The Morgan fingerprint density at radius 1 is 1.19 bits per heavy atom. The van der Waals surface area contributed by atoms with Gasteiger partial charge in [-0.15, -0.1) is 0 Å². The Hall–Kier alpha value is -3.76. The van der Waals surface area contributed by atoms with E-state index >= 15 is 0 Å². The summed E-state index contributed by atoms with van der Waals surface area (Å²) in [4.78, 5) is 60.3. The van der Waals surface area contributed by atoms with Crippen molar-refractivity contribution < 1.29 is 28.7 Å². The molecule has 1 fully saturated rings. The Morgan fingerprint density at radius 2 is 1.91 bits per heavy atom. The molecule has 0 bridgehead atoms. The van der Waals surface area contributed by atoms with E-state index in [-0.39, 0.29) is 18.7 Å². The predicted molar refractivity (Wildman–Crippen MR) is 112 cm³/mol. The smallest absolute Gasteiger partial charge is 0.344 e. The standard InChI is InChI=1S/C21H25N5O6/c1-3-21(2)19(30)26(20(31)22-21)24-16(27)13-32-18(29)10-9-17(28)25-12-11-15(23-25)14-7-5-4-6-8-14/h4-8H,3,9-13H2,1-2H3,(H,22,31)(H,24,27). The van der Waals surface area contributed by atoms with Crippen molar-refractivity contribution >= 4 is 35.4 Å². The van der Waals surface area contributed by atoms with Gasteiger partial charge in [-0.05, 0) is 18.9 Å². The van der Waals surface area contributed by atoms with Crippen molar-refractivity contribution in [2.75, 3.05) is 13.2 Å². The van der Waals surface area contributed by atoms with Gasteiger partial charge >= 0.3 is 12.0 Å². The minimum Gasteiger partial charge on any atom is -0.455 e. The molecule has 1 unspecified atom stereocenters. The number of carbonyl (C=O) groups is 5. The maximum Gasteiger partial charge on any atom is 0.344 e. The van der Waals surface area contributed by atoms with Crippen LogP contribution in [0.5, 0.6) is 0 Å². The van der Waals surface area contributed by atoms with E-state index in [4.69, 9.17) is 4.74 Å². The van der Waals surface area contributed by atoms with E-state index in [9.17, 15) is 24.0 Å². The van der Waals surface area contributed by atoms with Crippen molar-refractivity contribution in [2.45, 2.75) is 45.1 Å². The summed E-state index contributed by atoms with van der Waals surface area (Å²) in [6, 6.07) is 8.75. The van der Waals surface area contributed by atoms with E-state index in [1.807, 2.05) is 30.3 Å². The number of urea groups is 1. The van der Waals surface area contributed by atoms with Crippen LogP contribution in [-0.4, -0.2) is 64.1 Å². The number of ether oxygens (including phenoxy) is 1. The predicted octanol–water partition coefficient (Wildman–Crippen LogP) is 0.698. The third-order valence-electron chi connectivity index (χ3n) is 5.31. The molecule has 1 saturated heterocycles. The first-order chi connectivity index (χ1) is 15.2. The summed E-state index contributed by atoms with van der Waals surface area (Å²) >= 11 is 0. The number of esters is 1. The molecule has 1 atom stereocenters. The van der Waals surface area contributed by atoms with Gasteiger partial charge in [0.2, 0.25) is 5.91 Å². The summed E-state index contributed by atoms with van der Waals surface area (Å²) in [6.07, 6.45) is 0.630. The maximum absolute atomic E-state index is 12.3. The Kier molecular flexibility index (Phi) is 6.86. The van der Waals surface area contributed by atoms with Crippen LogP contribution in [0, 0.1) is 0 Å². The van der Waals surface area contributed by atoms with Crippen LogP contribution in [0.15, 0.2) is 35.4 Å². The molecule has 170 valence electrons. The van der Waals surface area contributed by atoms with Gasteiger partial charge < -0.3 is 10.1 Å². The highest BCUT2D eigenvalue weighted by atomic mass is 16.5. The van der Waals surface area contributed by atoms with Gasteiger partial charge in [0.1, 0.15) is 5.54 Å². The lowest BCUT2D eigenvalue weighted by Gasteiger charge is -2.19. The summed E-state index contributed by atoms with van der Waals surface area (Å²) < 4.78 is 4.84. The topological polar surface area (TPSA) is 137 Å². The van der Waals surface area contributed by atoms with E-state index in [1.54, 1.807) is 13.8 Å². The first kappa shape index (κ1) is 22.9. The Labute approximate surface area is 184 Å². The minimum absolute atomic E-state index is 0.117. The van der Waals surface area contributed by atoms with Crippen LogP contribution >= 0.6 is 0 Å². The lowest BCUT2D eigenvalue weighted by molar-refractivity contribution is -0.151. The second-order valence-corrected chi connectivity index (χ2v) is 7.63. The van der Waals surface area contributed by atoms with Gasteiger partial charge in [-0.2, -0.15) is 10.1 Å². The quantitative estimate of drug-likeness (QED) is 0.448. The number of hydrazine groups is 1. The molecule has 11 heteroatoms. The van der Waals surface area contributed by atoms with Gasteiger partial charge in [0.05, 0.1) is 18.7 Å². The average molecular weight is 443 g/mol. The van der Waals surface area contributed by atoms with Crippen molar-refractivity contribution in [3.8, 4) is 0 Å². The molecule has 2 aliphatic heterocycles. The minimum atomic E-state index is -1.10. The SMILES string of the molecule is CCC1(C)NC(=O)N(NC(=O)COC(=O)CCC(=O)N2CCC(c3ccccc3)=N2)C1=O. The van der Waals surface area contributed by atoms with Gasteiger partial charge in [0.25, 0.3) is 11.8 Å². The monoisotopic (exact) mass is 443 g/mol. The zero-order valence-corrected chi connectivity index (χ0v) is 17.9. The number of hydrogen-bond acceptors (Lipinski definition) is 7. The van der Waals surface area contributed by atoms with Crippen LogP contribution in [-0.2, 0) is 23.9 Å². The van der Waals surface area contributed by atoms with Crippen LogP contribution < -0.4 is 10.7 Å². The third-order valence-corrected chi connectivity index (χ3v) is 5.31. The molecule has 2 N–H and O–H groups in total. The summed E-state index contributed by atoms with van der Waals surface area (Å²) in [5, 5.41) is 8.69. The number of imide groups is 1. The van der Waals surface area contributed by atoms with E-state index < -0.39 is 36.0 Å². The molecular formula is C21H25N5O6. The Bertz CT molecular complexity index is 963. The normalized spacial score (nSPS) is 20.1. The van der Waals surface area contributed by atoms with Crippen molar-refractivity contribution in [1.82, 2.24) is 20.8 Å². The molecule has 5 amide bonds. The van der Waals surface area contributed by atoms with Crippen molar-refractivity contribution in [1.29, 1.82) is 0 Å². The van der Waals surface area contributed by atoms with Crippen LogP contribution in [0.4, 0.5) is 4.79 Å². The number of benzene rings is 1. The molecule has 2 aliphatic rings. The van der Waals surface area contributed by atoms with E-state index in [0.29, 0.717) is 24.4 Å². The van der Waals surface area contributed by atoms with Gasteiger partial charge in [-0.3, -0.25) is 24.6 Å². The fourth-order valence-corrected chi connectivity index (χ4v) is 3.21. The zero-order chi connectivity index (χ0) is 23.3. The molecular weight excluding hydrogens is 418 g/mol. The van der Waals surface area contributed by atoms with Crippen LogP contribution in [0.2, 0.25) is 0 Å². The first-order valence-corrected chi connectivity index (χ1v) is 10.3. The molecule has 2 heterocycles. The molecule has 1 aromatic rings. The summed E-state index contributed by atoms with van der Waals surface area (Å²) in [5.74, 6) is -2.52. The van der Waals surface area contributed by atoms with Crippen LogP contribution in [0.25, 0.3) is 0 Å². The molecule has 1 aromatic carbocycles. The Balaban J connectivity index is 1.40. The van der Waals surface area contributed by atoms with E-state index in [1.165, 1.54) is 5.01 Å². The number of nitrogens with zero attached hydrogens (tertiary/aromatic N) is 3. The summed E-state index contributed by atoms with van der Waals surface area (Å²) in [5.41, 5.74) is 2.76. The second kappa shape index (κ2) is 9.58. The largest absolute Gasteiger partial charge is 0.455 e. The van der Waals surface area contributed by atoms with Gasteiger partial charge in [-0.25, -0.2) is 9.80 Å². The maximum atomic E-state index is 12.3. The molecule has 0 spiro atoms. The number of hydrogen-bond donors (Lipinski definition) is 2. The van der Waals surface area contributed by atoms with E-state index in [2.05, 4.69) is 15.8 Å². The molecule has 32 heavy (non-hydrogen) atoms. The van der Waals surface area contributed by atoms with Crippen molar-refractivity contribution in [3.05, 3.63) is 35.9 Å². The average Bonchev–Trinajstić information content (AvgIpc) is 3.37. The van der Waals surface area contributed by atoms with Crippen LogP contribution in [0.3, 0.4) is 0 Å². The molecule has 3 rings (SSSR count). The first-order valence-electron chi connectivity index (χ1n) is 10.3. The fraction of sp³-hybridized carbons (Fsp3) is 0.429. The molecule has 11 nitrogen and oxygen atoms in total. The summed E-state index contributed by atoms with van der Waals surface area (Å²) in [6.45, 7) is 3.02. The highest BCUT2D eigenvalue weighted by Crippen LogP contribution is 2.19. The lowest BCUT2D eigenvalue weighted by Crippen LogP contribution is -2.49. The fourth-order valence-electron chi connectivity index (χ4n) is 3.21. The molecule has 0 radical (unpaired) electrons. The molecule has 0 aromatic heterocycles. The van der Waals surface area contributed by atoms with Crippen LogP contribution in [0.1, 0.15) is 45.1 Å². The Morgan fingerprint density at radius 3 is 2.56 bits per heavy atom. The number of carbonyl (C=O) groups excluding carboxylic acids is 5. The number of rotatable bonds is 8. The van der Waals surface area contributed by atoms with Gasteiger partial charge in [0, 0.05) is 12.8 Å². The van der Waals surface area contributed by atoms with Gasteiger partial charge in [-0.1, -0.05) is 37.3 Å². The molecule has 0 saturated carbocycles. The third kappa shape index (κ3) is 5.10. The lowest BCUT2D eigenvalue weighted by atomic mass is 10.00. The van der Waals surface area contributed by atoms with Crippen molar-refractivity contribution in [3.63, 3.8) is 0 Å². The van der Waals surface area contributed by atoms with Gasteiger partial charge in [0.15, 0.2) is 6.61 Å². The second-order valence-electron chi connectivity index (χ2n) is 7.63. The van der Waals surface area contributed by atoms with Crippen molar-refractivity contribution in [2.24, 2.45) is 5.10 Å². The summed E-state index contributed by atoms with van der Waals surface area (Å²) in [7, 11) is 0. The number of nitrogens with one attached hydrogen (secondary N) is 2. The number of hydrazone groups is 1. The molecule has 0 aliphatic carbocycles. The highest BCUT2D eigenvalue weighted by molar-refractivity contribution is 6.07. The number of amides is 5. The van der Waals surface area contributed by atoms with E-state index in [0.717, 1.165) is 11.3 Å². The highest BCUT2D eigenvalue weighted by Gasteiger charge is 2.47. The zero-order valence-electron chi connectivity index (χ0n) is 17.9.